The molecule has 0 aliphatic heterocycles. The SMILES string of the molecule is COc1ccc(-c2cc(-c3nnc(C(N)=O)n3-c3ccc(OC)cc3)c(O)cc2O)cc1. The number of nitrogens with zero attached hydrogens (tertiary/aromatic N) is 3. The average molecular weight is 432 g/mol. The summed E-state index contributed by atoms with van der Waals surface area (Å²) in [4.78, 5) is 12.0. The van der Waals surface area contributed by atoms with Crippen LogP contribution in [0, 0.1) is 0 Å². The second-order valence-corrected chi connectivity index (χ2v) is 6.86. The topological polar surface area (TPSA) is 133 Å². The van der Waals surface area contributed by atoms with Gasteiger partial charge in [-0.05, 0) is 48.0 Å². The van der Waals surface area contributed by atoms with Crippen LogP contribution in [-0.2, 0) is 0 Å². The molecule has 0 unspecified atom stereocenters. The molecule has 0 bridgehead atoms. The molecule has 0 atom stereocenters. The third-order valence-corrected chi connectivity index (χ3v) is 4.97. The summed E-state index contributed by atoms with van der Waals surface area (Å²) in [5.41, 5.74) is 7.44. The molecule has 32 heavy (non-hydrogen) atoms. The molecule has 4 aromatic rings. The Morgan fingerprint density at radius 1 is 0.844 bits per heavy atom. The number of aromatic nitrogens is 3. The fraction of sp³-hybridized carbons (Fsp3) is 0.0870. The molecule has 0 aliphatic rings. The highest BCUT2D eigenvalue weighted by molar-refractivity contribution is 5.91. The van der Waals surface area contributed by atoms with Crippen molar-refractivity contribution in [2.24, 2.45) is 5.73 Å². The zero-order valence-corrected chi connectivity index (χ0v) is 17.3. The van der Waals surface area contributed by atoms with Gasteiger partial charge in [-0.25, -0.2) is 0 Å². The van der Waals surface area contributed by atoms with Crippen molar-refractivity contribution in [3.05, 3.63) is 66.5 Å². The number of nitrogens with two attached hydrogens (primary N) is 1. The van der Waals surface area contributed by atoms with Crippen LogP contribution in [0.3, 0.4) is 0 Å². The Balaban J connectivity index is 1.90. The lowest BCUT2D eigenvalue weighted by Crippen LogP contribution is -2.17. The van der Waals surface area contributed by atoms with Crippen LogP contribution in [0.15, 0.2) is 60.7 Å². The molecule has 0 spiro atoms. The van der Waals surface area contributed by atoms with E-state index in [0.29, 0.717) is 28.3 Å². The van der Waals surface area contributed by atoms with Gasteiger partial charge >= 0.3 is 0 Å². The summed E-state index contributed by atoms with van der Waals surface area (Å²) < 4.78 is 11.8. The van der Waals surface area contributed by atoms with E-state index >= 15 is 0 Å². The molecule has 9 heteroatoms. The maximum Gasteiger partial charge on any atom is 0.287 e. The van der Waals surface area contributed by atoms with Crippen molar-refractivity contribution in [1.82, 2.24) is 14.8 Å². The van der Waals surface area contributed by atoms with Crippen LogP contribution >= 0.6 is 0 Å². The van der Waals surface area contributed by atoms with E-state index < -0.39 is 5.91 Å². The zero-order valence-electron chi connectivity index (χ0n) is 17.3. The third kappa shape index (κ3) is 3.67. The molecule has 4 rings (SSSR count). The number of carbonyl (C=O) groups excluding carboxylic acids is 1. The Morgan fingerprint density at radius 3 is 1.97 bits per heavy atom. The van der Waals surface area contributed by atoms with Crippen LogP contribution in [0.2, 0.25) is 0 Å². The Labute approximate surface area is 183 Å². The molecule has 0 saturated carbocycles. The molecular formula is C23H20N4O5. The fourth-order valence-corrected chi connectivity index (χ4v) is 3.35. The van der Waals surface area contributed by atoms with E-state index in [-0.39, 0.29) is 28.7 Å². The molecule has 1 heterocycles. The van der Waals surface area contributed by atoms with E-state index in [0.717, 1.165) is 0 Å². The van der Waals surface area contributed by atoms with Crippen molar-refractivity contribution in [1.29, 1.82) is 0 Å². The number of benzene rings is 3. The van der Waals surface area contributed by atoms with E-state index in [1.54, 1.807) is 68.8 Å². The van der Waals surface area contributed by atoms with Gasteiger partial charge in [0.2, 0.25) is 5.82 Å². The summed E-state index contributed by atoms with van der Waals surface area (Å²) >= 11 is 0. The molecular weight excluding hydrogens is 412 g/mol. The van der Waals surface area contributed by atoms with Gasteiger partial charge in [-0.3, -0.25) is 9.36 Å². The largest absolute Gasteiger partial charge is 0.507 e. The van der Waals surface area contributed by atoms with E-state index in [1.807, 2.05) is 0 Å². The first-order valence-corrected chi connectivity index (χ1v) is 9.53. The number of rotatable bonds is 6. The van der Waals surface area contributed by atoms with Crippen molar-refractivity contribution >= 4 is 5.91 Å². The Kier molecular flexibility index (Phi) is 5.38. The predicted octanol–water partition coefficient (Wildman–Crippen LogP) is 3.13. The summed E-state index contributed by atoms with van der Waals surface area (Å²) in [5, 5.41) is 29.1. The maximum atomic E-state index is 12.0. The molecule has 9 nitrogen and oxygen atoms in total. The second kappa shape index (κ2) is 8.31. The summed E-state index contributed by atoms with van der Waals surface area (Å²) in [6, 6.07) is 16.7. The Hall–Kier alpha value is -4.53. The molecule has 0 fully saturated rings. The highest BCUT2D eigenvalue weighted by Gasteiger charge is 2.23. The van der Waals surface area contributed by atoms with Gasteiger partial charge < -0.3 is 25.4 Å². The van der Waals surface area contributed by atoms with Gasteiger partial charge in [0, 0.05) is 17.3 Å². The van der Waals surface area contributed by atoms with Gasteiger partial charge in [0.05, 0.1) is 19.8 Å². The van der Waals surface area contributed by atoms with Gasteiger partial charge in [-0.15, -0.1) is 10.2 Å². The maximum absolute atomic E-state index is 12.0. The fourth-order valence-electron chi connectivity index (χ4n) is 3.35. The van der Waals surface area contributed by atoms with Crippen LogP contribution in [0.1, 0.15) is 10.6 Å². The number of ether oxygens (including phenoxy) is 2. The first kappa shape index (κ1) is 20.7. The minimum atomic E-state index is -0.784. The lowest BCUT2D eigenvalue weighted by molar-refractivity contribution is 0.0988. The molecule has 3 aromatic carbocycles. The van der Waals surface area contributed by atoms with E-state index in [1.165, 1.54) is 10.6 Å². The van der Waals surface area contributed by atoms with Crippen molar-refractivity contribution in [2.75, 3.05) is 14.2 Å². The van der Waals surface area contributed by atoms with Crippen LogP contribution in [0.4, 0.5) is 0 Å². The molecule has 4 N–H and O–H groups in total. The number of phenolic OH excluding ortho intramolecular Hbond substituents is 2. The molecule has 0 aliphatic carbocycles. The standard InChI is InChI=1S/C23H20N4O5/c1-31-15-7-3-13(4-8-15)17-11-18(20(29)12-19(17)28)22-25-26-23(21(24)30)27(22)14-5-9-16(32-2)10-6-14/h3-12,28-29H,1-2H3,(H2,24,30). The molecule has 1 amide bonds. The van der Waals surface area contributed by atoms with Gasteiger partial charge in [0.15, 0.2) is 5.82 Å². The average Bonchev–Trinajstić information content (AvgIpc) is 3.24. The summed E-state index contributed by atoms with van der Waals surface area (Å²) in [6.07, 6.45) is 0. The minimum Gasteiger partial charge on any atom is -0.507 e. The Morgan fingerprint density at radius 2 is 1.41 bits per heavy atom. The summed E-state index contributed by atoms with van der Waals surface area (Å²) in [7, 11) is 3.11. The highest BCUT2D eigenvalue weighted by atomic mass is 16.5. The molecule has 162 valence electrons. The molecule has 1 aromatic heterocycles. The van der Waals surface area contributed by atoms with Crippen molar-refractivity contribution in [2.45, 2.75) is 0 Å². The number of carbonyl (C=O) groups is 1. The first-order valence-electron chi connectivity index (χ1n) is 9.53. The lowest BCUT2D eigenvalue weighted by Gasteiger charge is -2.13. The van der Waals surface area contributed by atoms with E-state index in [9.17, 15) is 15.0 Å². The van der Waals surface area contributed by atoms with E-state index in [2.05, 4.69) is 10.2 Å². The monoisotopic (exact) mass is 432 g/mol. The van der Waals surface area contributed by atoms with Crippen LogP contribution in [0.25, 0.3) is 28.2 Å². The number of methoxy groups -OCH3 is 2. The van der Waals surface area contributed by atoms with Gasteiger partial charge in [-0.2, -0.15) is 0 Å². The predicted molar refractivity (Wildman–Crippen MR) is 117 cm³/mol. The third-order valence-electron chi connectivity index (χ3n) is 4.97. The van der Waals surface area contributed by atoms with Crippen molar-refractivity contribution < 1.29 is 24.5 Å². The second-order valence-electron chi connectivity index (χ2n) is 6.86. The summed E-state index contributed by atoms with van der Waals surface area (Å²) in [6.45, 7) is 0. The first-order chi connectivity index (χ1) is 15.4. The smallest absolute Gasteiger partial charge is 0.287 e. The number of hydrogen-bond donors (Lipinski definition) is 3. The number of primary amides is 1. The number of aromatic hydroxyl groups is 2. The highest BCUT2D eigenvalue weighted by Crippen LogP contribution is 2.40. The molecule has 0 saturated heterocycles. The minimum absolute atomic E-state index is 0.108. The van der Waals surface area contributed by atoms with Crippen molar-refractivity contribution in [3.8, 4) is 51.2 Å². The summed E-state index contributed by atoms with van der Waals surface area (Å²) in [5.74, 6) is 0.212. The Bertz CT molecular complexity index is 1280. The van der Waals surface area contributed by atoms with Gasteiger partial charge in [0.1, 0.15) is 23.0 Å². The number of hydrogen-bond acceptors (Lipinski definition) is 7. The zero-order chi connectivity index (χ0) is 22.8. The number of amides is 1. The normalized spacial score (nSPS) is 10.7. The van der Waals surface area contributed by atoms with Gasteiger partial charge in [-0.1, -0.05) is 12.1 Å². The quantitative estimate of drug-likeness (QED) is 0.426. The number of phenols is 2. The molecule has 0 radical (unpaired) electrons. The van der Waals surface area contributed by atoms with Crippen LogP contribution < -0.4 is 15.2 Å². The lowest BCUT2D eigenvalue weighted by atomic mass is 10.0. The van der Waals surface area contributed by atoms with Gasteiger partial charge in [0.25, 0.3) is 5.91 Å². The van der Waals surface area contributed by atoms with Crippen LogP contribution in [0.5, 0.6) is 23.0 Å². The van der Waals surface area contributed by atoms with E-state index in [4.69, 9.17) is 15.2 Å². The van der Waals surface area contributed by atoms with Crippen LogP contribution in [-0.4, -0.2) is 45.1 Å². The van der Waals surface area contributed by atoms with Crippen molar-refractivity contribution in [3.63, 3.8) is 0 Å².